The highest BCUT2D eigenvalue weighted by atomic mass is 15.0. The lowest BCUT2D eigenvalue weighted by molar-refractivity contribution is 1.19. The summed E-state index contributed by atoms with van der Waals surface area (Å²) in [5.41, 5.74) is 14.0. The quantitative estimate of drug-likeness (QED) is 0.181. The summed E-state index contributed by atoms with van der Waals surface area (Å²) in [5.74, 6) is 0. The molecule has 0 atom stereocenters. The Bertz CT molecular complexity index is 2930. The van der Waals surface area contributed by atoms with Gasteiger partial charge in [0.15, 0.2) is 0 Å². The van der Waals surface area contributed by atoms with Crippen LogP contribution in [-0.4, -0.2) is 14.5 Å². The van der Waals surface area contributed by atoms with Crippen LogP contribution in [0.4, 0.5) is 11.4 Å². The number of hydrogen-bond acceptors (Lipinski definition) is 3. The predicted octanol–water partition coefficient (Wildman–Crippen LogP) is 13.1. The van der Waals surface area contributed by atoms with E-state index in [0.717, 1.165) is 56.3 Å². The van der Waals surface area contributed by atoms with Crippen LogP contribution < -0.4 is 5.32 Å². The molecule has 0 spiro atoms. The summed E-state index contributed by atoms with van der Waals surface area (Å²) < 4.78 is 2.39. The second kappa shape index (κ2) is 13.4. The summed E-state index contributed by atoms with van der Waals surface area (Å²) in [7, 11) is 0. The predicted molar refractivity (Wildman–Crippen MR) is 225 cm³/mol. The maximum atomic E-state index is 4.80. The van der Waals surface area contributed by atoms with Gasteiger partial charge in [-0.05, 0) is 94.2 Å². The summed E-state index contributed by atoms with van der Waals surface area (Å²) in [5, 5.41) is 8.61. The van der Waals surface area contributed by atoms with Crippen molar-refractivity contribution >= 4 is 44.0 Å². The third-order valence-electron chi connectivity index (χ3n) is 10.3. The lowest BCUT2D eigenvalue weighted by atomic mass is 9.96. The molecule has 10 aromatic rings. The lowest BCUT2D eigenvalue weighted by Crippen LogP contribution is -1.96. The maximum absolute atomic E-state index is 4.80. The molecule has 3 heterocycles. The first-order chi connectivity index (χ1) is 26.7. The highest BCUT2D eigenvalue weighted by Crippen LogP contribution is 2.39. The zero-order valence-electron chi connectivity index (χ0n) is 29.4. The number of aromatic nitrogens is 3. The molecule has 4 nitrogen and oxygen atoms in total. The van der Waals surface area contributed by atoms with E-state index in [1.165, 1.54) is 38.1 Å². The minimum Gasteiger partial charge on any atom is -0.354 e. The minimum atomic E-state index is 0.878. The number of para-hydroxylation sites is 1. The SMILES string of the molecule is c1ccc(-c2ccc(-c3ccc(Nc4ccc(-c5ccc6c(c5)c5ccccc5n6-c5ccc6ccccc6c5)cc4-c4ccccc4)cn3)cn2)cc1. The maximum Gasteiger partial charge on any atom is 0.0719 e. The molecule has 0 aliphatic heterocycles. The van der Waals surface area contributed by atoms with Gasteiger partial charge < -0.3 is 9.88 Å². The van der Waals surface area contributed by atoms with Crippen molar-refractivity contribution < 1.29 is 0 Å². The van der Waals surface area contributed by atoms with Gasteiger partial charge in [-0.2, -0.15) is 0 Å². The van der Waals surface area contributed by atoms with Crippen LogP contribution in [-0.2, 0) is 0 Å². The van der Waals surface area contributed by atoms with E-state index >= 15 is 0 Å². The Morgan fingerprint density at radius 2 is 1.04 bits per heavy atom. The van der Waals surface area contributed by atoms with Gasteiger partial charge in [-0.1, -0.05) is 121 Å². The molecule has 0 saturated carbocycles. The number of fused-ring (bicyclic) bond motifs is 4. The van der Waals surface area contributed by atoms with Crippen LogP contribution in [0.1, 0.15) is 0 Å². The van der Waals surface area contributed by atoms with Gasteiger partial charge >= 0.3 is 0 Å². The van der Waals surface area contributed by atoms with Crippen molar-refractivity contribution in [3.05, 3.63) is 200 Å². The van der Waals surface area contributed by atoms with Crippen molar-refractivity contribution in [1.29, 1.82) is 0 Å². The van der Waals surface area contributed by atoms with E-state index in [1.54, 1.807) is 0 Å². The molecule has 0 aliphatic carbocycles. The third kappa shape index (κ3) is 5.76. The number of anilines is 2. The first-order valence-corrected chi connectivity index (χ1v) is 18.2. The van der Waals surface area contributed by atoms with Crippen molar-refractivity contribution in [1.82, 2.24) is 14.5 Å². The van der Waals surface area contributed by atoms with E-state index in [2.05, 4.69) is 168 Å². The summed E-state index contributed by atoms with van der Waals surface area (Å²) in [4.78, 5) is 9.50. The van der Waals surface area contributed by atoms with Gasteiger partial charge in [-0.25, -0.2) is 0 Å². The average Bonchev–Trinajstić information content (AvgIpc) is 3.58. The minimum absolute atomic E-state index is 0.878. The van der Waals surface area contributed by atoms with Crippen molar-refractivity contribution in [2.45, 2.75) is 0 Å². The Morgan fingerprint density at radius 1 is 0.389 bits per heavy atom. The van der Waals surface area contributed by atoms with E-state index in [4.69, 9.17) is 9.97 Å². The molecular formula is C50H34N4. The Labute approximate surface area is 313 Å². The van der Waals surface area contributed by atoms with E-state index in [0.29, 0.717) is 0 Å². The molecule has 3 aromatic heterocycles. The Kier molecular flexibility index (Phi) is 7.77. The van der Waals surface area contributed by atoms with Gasteiger partial charge in [0.2, 0.25) is 0 Å². The molecule has 0 amide bonds. The van der Waals surface area contributed by atoms with Crippen LogP contribution >= 0.6 is 0 Å². The van der Waals surface area contributed by atoms with E-state index in [9.17, 15) is 0 Å². The molecule has 1 N–H and O–H groups in total. The number of nitrogens with zero attached hydrogens (tertiary/aromatic N) is 3. The first-order valence-electron chi connectivity index (χ1n) is 18.2. The molecule has 4 heteroatoms. The Balaban J connectivity index is 0.993. The molecule has 0 saturated heterocycles. The number of rotatable bonds is 7. The van der Waals surface area contributed by atoms with Gasteiger partial charge in [0.05, 0.1) is 34.3 Å². The molecule has 0 aliphatic rings. The average molecular weight is 691 g/mol. The summed E-state index contributed by atoms with van der Waals surface area (Å²) >= 11 is 0. The molecule has 0 unspecified atom stereocenters. The molecular weight excluding hydrogens is 657 g/mol. The van der Waals surface area contributed by atoms with Gasteiger partial charge in [0.25, 0.3) is 0 Å². The Morgan fingerprint density at radius 3 is 1.83 bits per heavy atom. The zero-order valence-corrected chi connectivity index (χ0v) is 29.4. The van der Waals surface area contributed by atoms with Crippen LogP contribution in [0, 0.1) is 0 Å². The standard InChI is InChI=1S/C50H34N4/c1-3-12-35(13-4-1)44-30-38(20-26-48(44)53-41-23-27-47(52-33-41)40-21-25-46(51-32-40)36-14-5-2-6-15-36)39-22-28-50-45(31-39)43-17-9-10-18-49(43)54(50)42-24-19-34-11-7-8-16-37(34)29-42/h1-33,53H. The van der Waals surface area contributed by atoms with Crippen molar-refractivity contribution in [2.75, 3.05) is 5.32 Å². The van der Waals surface area contributed by atoms with Gasteiger partial charge in [-0.15, -0.1) is 0 Å². The van der Waals surface area contributed by atoms with Crippen LogP contribution in [0.5, 0.6) is 0 Å². The molecule has 0 bridgehead atoms. The van der Waals surface area contributed by atoms with E-state index < -0.39 is 0 Å². The summed E-state index contributed by atoms with van der Waals surface area (Å²) in [6.45, 7) is 0. The van der Waals surface area contributed by atoms with Gasteiger partial charge in [-0.3, -0.25) is 9.97 Å². The molecule has 7 aromatic carbocycles. The monoisotopic (exact) mass is 690 g/mol. The smallest absolute Gasteiger partial charge is 0.0719 e. The molecule has 0 fully saturated rings. The molecule has 54 heavy (non-hydrogen) atoms. The first kappa shape index (κ1) is 31.4. The van der Waals surface area contributed by atoms with Crippen LogP contribution in [0.2, 0.25) is 0 Å². The number of nitrogens with one attached hydrogen (secondary N) is 1. The summed E-state index contributed by atoms with van der Waals surface area (Å²) in [6, 6.07) is 66.6. The lowest BCUT2D eigenvalue weighted by Gasteiger charge is -2.15. The van der Waals surface area contributed by atoms with Crippen molar-refractivity contribution in [3.8, 4) is 50.5 Å². The fourth-order valence-corrected chi connectivity index (χ4v) is 7.55. The van der Waals surface area contributed by atoms with Crippen molar-refractivity contribution in [3.63, 3.8) is 0 Å². The number of hydrogen-bond donors (Lipinski definition) is 1. The molecule has 0 radical (unpaired) electrons. The third-order valence-corrected chi connectivity index (χ3v) is 10.3. The second-order valence-electron chi connectivity index (χ2n) is 13.6. The fourth-order valence-electron chi connectivity index (χ4n) is 7.55. The van der Waals surface area contributed by atoms with Crippen LogP contribution in [0.3, 0.4) is 0 Å². The molecule has 10 rings (SSSR count). The number of benzene rings is 7. The second-order valence-corrected chi connectivity index (χ2v) is 13.6. The van der Waals surface area contributed by atoms with Crippen LogP contribution in [0.15, 0.2) is 200 Å². The van der Waals surface area contributed by atoms with E-state index in [1.807, 2.05) is 42.7 Å². The van der Waals surface area contributed by atoms with Crippen LogP contribution in [0.25, 0.3) is 83.0 Å². The Hall–Kier alpha value is -7.30. The normalized spacial score (nSPS) is 11.3. The topological polar surface area (TPSA) is 42.7 Å². The van der Waals surface area contributed by atoms with Gasteiger partial charge in [0.1, 0.15) is 0 Å². The largest absolute Gasteiger partial charge is 0.354 e. The highest BCUT2D eigenvalue weighted by Gasteiger charge is 2.15. The highest BCUT2D eigenvalue weighted by molar-refractivity contribution is 6.10. The zero-order chi connectivity index (χ0) is 35.8. The van der Waals surface area contributed by atoms with Crippen molar-refractivity contribution in [2.24, 2.45) is 0 Å². The molecule has 254 valence electrons. The van der Waals surface area contributed by atoms with E-state index in [-0.39, 0.29) is 0 Å². The summed E-state index contributed by atoms with van der Waals surface area (Å²) in [6.07, 6.45) is 3.78. The van der Waals surface area contributed by atoms with Gasteiger partial charge in [0, 0.05) is 45.0 Å². The fraction of sp³-hybridized carbons (Fsp3) is 0. The number of pyridine rings is 2.